The molecule has 0 fully saturated rings. The van der Waals surface area contributed by atoms with Gasteiger partial charge in [-0.05, 0) is 42.9 Å². The lowest BCUT2D eigenvalue weighted by molar-refractivity contribution is -0.113. The van der Waals surface area contributed by atoms with E-state index in [4.69, 9.17) is 4.74 Å². The number of fused-ring (bicyclic) bond motifs is 1. The van der Waals surface area contributed by atoms with E-state index >= 15 is 0 Å². The van der Waals surface area contributed by atoms with E-state index in [0.717, 1.165) is 30.4 Å². The van der Waals surface area contributed by atoms with E-state index in [9.17, 15) is 10.1 Å². The van der Waals surface area contributed by atoms with Crippen molar-refractivity contribution in [2.24, 2.45) is 13.0 Å². The van der Waals surface area contributed by atoms with Crippen LogP contribution in [0.15, 0.2) is 29.4 Å². The predicted molar refractivity (Wildman–Crippen MR) is 123 cm³/mol. The van der Waals surface area contributed by atoms with Gasteiger partial charge in [0.15, 0.2) is 11.0 Å². The van der Waals surface area contributed by atoms with Gasteiger partial charge in [-0.2, -0.15) is 5.26 Å². The summed E-state index contributed by atoms with van der Waals surface area (Å²) in [5.74, 6) is 2.03. The molecule has 1 aromatic carbocycles. The summed E-state index contributed by atoms with van der Waals surface area (Å²) in [6, 6.07) is 9.90. The second-order valence-electron chi connectivity index (χ2n) is 7.57. The number of rotatable bonds is 6. The van der Waals surface area contributed by atoms with Gasteiger partial charge in [-0.3, -0.25) is 4.79 Å². The molecule has 1 amide bonds. The standard InChI is InChI=1S/C22H23N5O2S2/c1-13-8-9-14-16(11-23)21(31-18(14)10-13)24-19(28)12-30-22-26-25-20(27(22)2)15-6-4-5-7-17(15)29-3/h4-7,13H,8-10,12H2,1-3H3,(H,24,28). The number of nitrogens with zero attached hydrogens (tertiary/aromatic N) is 4. The fraction of sp³-hybridized carbons (Fsp3) is 0.364. The van der Waals surface area contributed by atoms with E-state index in [2.05, 4.69) is 28.5 Å². The van der Waals surface area contributed by atoms with Crippen molar-refractivity contribution >= 4 is 34.0 Å². The molecule has 2 aromatic heterocycles. The number of amides is 1. The lowest BCUT2D eigenvalue weighted by Crippen LogP contribution is -2.14. The maximum Gasteiger partial charge on any atom is 0.235 e. The van der Waals surface area contributed by atoms with Crippen molar-refractivity contribution in [2.75, 3.05) is 18.2 Å². The van der Waals surface area contributed by atoms with Gasteiger partial charge in [0.05, 0.1) is 24.0 Å². The largest absolute Gasteiger partial charge is 0.496 e. The van der Waals surface area contributed by atoms with E-state index in [1.54, 1.807) is 7.11 Å². The van der Waals surface area contributed by atoms with Gasteiger partial charge in [-0.15, -0.1) is 21.5 Å². The molecule has 1 unspecified atom stereocenters. The quantitative estimate of drug-likeness (QED) is 0.560. The number of benzene rings is 1. The number of hydrogen-bond donors (Lipinski definition) is 1. The minimum Gasteiger partial charge on any atom is -0.496 e. The third kappa shape index (κ3) is 4.31. The third-order valence-electron chi connectivity index (χ3n) is 5.39. The van der Waals surface area contributed by atoms with Gasteiger partial charge in [-0.1, -0.05) is 30.8 Å². The maximum absolute atomic E-state index is 12.6. The van der Waals surface area contributed by atoms with Crippen LogP contribution in [0.2, 0.25) is 0 Å². The molecule has 9 heteroatoms. The first-order valence-electron chi connectivity index (χ1n) is 10.0. The molecule has 4 rings (SSSR count). The second-order valence-corrected chi connectivity index (χ2v) is 9.62. The number of ether oxygens (including phenoxy) is 1. The van der Waals surface area contributed by atoms with Crippen LogP contribution in [0.3, 0.4) is 0 Å². The highest BCUT2D eigenvalue weighted by atomic mass is 32.2. The first-order valence-corrected chi connectivity index (χ1v) is 11.8. The van der Waals surface area contributed by atoms with Crippen LogP contribution in [0.1, 0.15) is 29.3 Å². The fourth-order valence-corrected chi connectivity index (χ4v) is 5.84. The molecule has 0 aliphatic heterocycles. The van der Waals surface area contributed by atoms with Crippen LogP contribution < -0.4 is 10.1 Å². The molecule has 1 aliphatic carbocycles. The zero-order valence-electron chi connectivity index (χ0n) is 17.6. The molecule has 0 saturated heterocycles. The molecule has 1 atom stereocenters. The molecular weight excluding hydrogens is 430 g/mol. The Morgan fingerprint density at radius 1 is 1.42 bits per heavy atom. The molecule has 0 radical (unpaired) electrons. The highest BCUT2D eigenvalue weighted by Gasteiger charge is 2.25. The fourth-order valence-electron chi connectivity index (χ4n) is 3.75. The number of aromatic nitrogens is 3. The van der Waals surface area contributed by atoms with Crippen LogP contribution in [0.5, 0.6) is 5.75 Å². The molecular formula is C22H23N5O2S2. The number of nitrogens with one attached hydrogen (secondary N) is 1. The number of para-hydroxylation sites is 1. The Morgan fingerprint density at radius 2 is 2.23 bits per heavy atom. The zero-order chi connectivity index (χ0) is 22.0. The SMILES string of the molecule is COc1ccccc1-c1nnc(SCC(=O)Nc2sc3c(c2C#N)CCC(C)C3)n1C. The van der Waals surface area contributed by atoms with Gasteiger partial charge < -0.3 is 14.6 Å². The van der Waals surface area contributed by atoms with Crippen LogP contribution in [0, 0.1) is 17.2 Å². The molecule has 1 N–H and O–H groups in total. The number of hydrogen-bond acceptors (Lipinski definition) is 7. The number of nitriles is 1. The van der Waals surface area contributed by atoms with Crippen molar-refractivity contribution in [3.63, 3.8) is 0 Å². The average molecular weight is 454 g/mol. The summed E-state index contributed by atoms with van der Waals surface area (Å²) in [6.07, 6.45) is 2.97. The highest BCUT2D eigenvalue weighted by Crippen LogP contribution is 2.39. The van der Waals surface area contributed by atoms with Crippen LogP contribution in [0.25, 0.3) is 11.4 Å². The molecule has 0 saturated carbocycles. The van der Waals surface area contributed by atoms with E-state index in [-0.39, 0.29) is 11.7 Å². The number of carbonyl (C=O) groups excluding carboxylic acids is 1. The maximum atomic E-state index is 12.6. The monoisotopic (exact) mass is 453 g/mol. The second kappa shape index (κ2) is 9.12. The Morgan fingerprint density at radius 3 is 3.00 bits per heavy atom. The van der Waals surface area contributed by atoms with Crippen molar-refractivity contribution in [1.29, 1.82) is 5.26 Å². The molecule has 160 valence electrons. The molecule has 2 heterocycles. The minimum atomic E-state index is -0.157. The number of thioether (sulfide) groups is 1. The Balaban J connectivity index is 1.45. The molecule has 31 heavy (non-hydrogen) atoms. The van der Waals surface area contributed by atoms with Crippen molar-refractivity contribution in [1.82, 2.24) is 14.8 Å². The summed E-state index contributed by atoms with van der Waals surface area (Å²) in [5, 5.41) is 22.4. The summed E-state index contributed by atoms with van der Waals surface area (Å²) in [7, 11) is 3.48. The van der Waals surface area contributed by atoms with Gasteiger partial charge in [0, 0.05) is 11.9 Å². The van der Waals surface area contributed by atoms with Gasteiger partial charge in [0.1, 0.15) is 16.8 Å². The molecule has 1 aliphatic rings. The van der Waals surface area contributed by atoms with Gasteiger partial charge in [0.25, 0.3) is 0 Å². The number of anilines is 1. The van der Waals surface area contributed by atoms with Gasteiger partial charge in [-0.25, -0.2) is 0 Å². The van der Waals surface area contributed by atoms with Crippen molar-refractivity contribution < 1.29 is 9.53 Å². The van der Waals surface area contributed by atoms with Crippen molar-refractivity contribution in [2.45, 2.75) is 31.3 Å². The van der Waals surface area contributed by atoms with Crippen LogP contribution >= 0.6 is 23.1 Å². The highest BCUT2D eigenvalue weighted by molar-refractivity contribution is 7.99. The normalized spacial score (nSPS) is 15.2. The summed E-state index contributed by atoms with van der Waals surface area (Å²) in [6.45, 7) is 2.23. The van der Waals surface area contributed by atoms with Crippen molar-refractivity contribution in [3.05, 3.63) is 40.3 Å². The smallest absolute Gasteiger partial charge is 0.235 e. The van der Waals surface area contributed by atoms with Gasteiger partial charge >= 0.3 is 0 Å². The molecule has 3 aromatic rings. The van der Waals surface area contributed by atoms with Crippen LogP contribution in [0.4, 0.5) is 5.00 Å². The molecule has 0 spiro atoms. The topological polar surface area (TPSA) is 92.8 Å². The number of methoxy groups -OCH3 is 1. The zero-order valence-corrected chi connectivity index (χ0v) is 19.3. The average Bonchev–Trinajstić information content (AvgIpc) is 3.30. The number of thiophene rings is 1. The minimum absolute atomic E-state index is 0.157. The summed E-state index contributed by atoms with van der Waals surface area (Å²) in [5.41, 5.74) is 2.58. The number of carbonyl (C=O) groups is 1. The van der Waals surface area contributed by atoms with E-state index in [1.165, 1.54) is 28.0 Å². The Bertz CT molecular complexity index is 1160. The van der Waals surface area contributed by atoms with Crippen molar-refractivity contribution in [3.8, 4) is 23.2 Å². The summed E-state index contributed by atoms with van der Waals surface area (Å²) < 4.78 is 7.26. The molecule has 0 bridgehead atoms. The first kappa shape index (κ1) is 21.4. The molecule has 7 nitrogen and oxygen atoms in total. The van der Waals surface area contributed by atoms with Crippen LogP contribution in [-0.2, 0) is 24.7 Å². The third-order valence-corrected chi connectivity index (χ3v) is 7.58. The Labute approximate surface area is 189 Å². The van der Waals surface area contributed by atoms with E-state index < -0.39 is 0 Å². The predicted octanol–water partition coefficient (Wildman–Crippen LogP) is 4.28. The van der Waals surface area contributed by atoms with Crippen LogP contribution in [-0.4, -0.2) is 33.5 Å². The first-order chi connectivity index (χ1) is 15.0. The Hall–Kier alpha value is -2.83. The lowest BCUT2D eigenvalue weighted by Gasteiger charge is -2.17. The van der Waals surface area contributed by atoms with E-state index in [0.29, 0.717) is 33.2 Å². The van der Waals surface area contributed by atoms with Gasteiger partial charge in [0.2, 0.25) is 5.91 Å². The summed E-state index contributed by atoms with van der Waals surface area (Å²) in [4.78, 5) is 13.8. The lowest BCUT2D eigenvalue weighted by atomic mass is 9.89. The van der Waals surface area contributed by atoms with E-state index in [1.807, 2.05) is 35.9 Å². The summed E-state index contributed by atoms with van der Waals surface area (Å²) >= 11 is 2.85. The Kier molecular flexibility index (Phi) is 6.30.